The van der Waals surface area contributed by atoms with Crippen molar-refractivity contribution < 1.29 is 92.0 Å². The number of carbonyl (C=O) groups is 3. The highest BCUT2D eigenvalue weighted by Crippen LogP contribution is 2.44. The van der Waals surface area contributed by atoms with Gasteiger partial charge in [0, 0.05) is 12.1 Å². The number of benzene rings is 1. The van der Waals surface area contributed by atoms with Gasteiger partial charge in [0.15, 0.2) is 17.2 Å². The molecule has 0 unspecified atom stereocenters. The van der Waals surface area contributed by atoms with Gasteiger partial charge in [-0.25, -0.2) is 14.4 Å². The first kappa shape index (κ1) is 52.5. The van der Waals surface area contributed by atoms with Crippen LogP contribution in [0.4, 0.5) is 9.59 Å². The van der Waals surface area contributed by atoms with E-state index in [1.54, 1.807) is 41.5 Å². The smallest absolute Gasteiger partial charge is 0.408 e. The maximum Gasteiger partial charge on any atom is 0.408 e. The number of amides is 2. The van der Waals surface area contributed by atoms with Gasteiger partial charge in [-0.3, -0.25) is 13.7 Å². The van der Waals surface area contributed by atoms with Crippen molar-refractivity contribution in [1.29, 1.82) is 0 Å². The average Bonchev–Trinajstić information content (AvgIpc) is 3.40. The van der Waals surface area contributed by atoms with E-state index in [4.69, 9.17) is 28.5 Å². The molecule has 0 aliphatic heterocycles. The fourth-order valence-corrected chi connectivity index (χ4v) is 5.97. The molecule has 0 saturated carbocycles. The molecule has 62 heavy (non-hydrogen) atoms. The molecule has 0 fully saturated rings. The normalized spacial score (nSPS) is 11.8. The Morgan fingerprint density at radius 2 is 0.952 bits per heavy atom. The largest absolute Gasteiger partial charge is 0.492 e. The van der Waals surface area contributed by atoms with Crippen LogP contribution in [0.15, 0.2) is 12.1 Å². The minimum Gasteiger partial charge on any atom is -0.492 e. The van der Waals surface area contributed by atoms with Gasteiger partial charge in [0.25, 0.3) is 30.4 Å². The quantitative estimate of drug-likeness (QED) is 0.0601. The van der Waals surface area contributed by atoms with Crippen LogP contribution in [0.2, 0.25) is 0 Å². The second-order valence-electron chi connectivity index (χ2n) is 14.6. The molecule has 1 aromatic heterocycles. The SMILES string of the molecule is CC(C)(C)OC(=O)NCC#Cc1c(OCCCS(=O)(=O)O)c(C#CCNC(=O)OC(C)(C)C)c(OCCCS(=O)(=O)O)c(C(=O)On2c(O)ccc2O)c1OCCCS(=O)(=O)O. The van der Waals surface area contributed by atoms with E-state index in [1.807, 2.05) is 0 Å². The van der Waals surface area contributed by atoms with Gasteiger partial charge < -0.3 is 49.4 Å². The zero-order chi connectivity index (χ0) is 47.1. The Balaban J connectivity index is 3.11. The summed E-state index contributed by atoms with van der Waals surface area (Å²) in [7, 11) is -13.7. The number of alkyl carbamates (subject to hydrolysis) is 2. The van der Waals surface area contributed by atoms with Gasteiger partial charge in [0.05, 0.1) is 50.2 Å². The number of ether oxygens (including phenoxy) is 5. The lowest BCUT2D eigenvalue weighted by atomic mass is 9.99. The summed E-state index contributed by atoms with van der Waals surface area (Å²) >= 11 is 0. The number of aromatic hydroxyl groups is 2. The van der Waals surface area contributed by atoms with Gasteiger partial charge in [-0.1, -0.05) is 23.7 Å². The van der Waals surface area contributed by atoms with Crippen LogP contribution in [0, 0.1) is 23.7 Å². The summed E-state index contributed by atoms with van der Waals surface area (Å²) in [6, 6.07) is 1.88. The molecular formula is C36H49N3O20S3. The number of hydrogen-bond donors (Lipinski definition) is 7. The van der Waals surface area contributed by atoms with E-state index in [9.17, 15) is 63.5 Å². The Kier molecular flexibility index (Phi) is 19.0. The van der Waals surface area contributed by atoms with Crippen molar-refractivity contribution >= 4 is 48.5 Å². The van der Waals surface area contributed by atoms with E-state index in [-0.39, 0.29) is 11.2 Å². The van der Waals surface area contributed by atoms with E-state index in [2.05, 4.69) is 34.3 Å². The molecule has 0 radical (unpaired) electrons. The number of rotatable bonds is 19. The monoisotopic (exact) mass is 939 g/mol. The maximum absolute atomic E-state index is 14.3. The molecule has 2 aromatic rings. The third kappa shape index (κ3) is 20.3. The lowest BCUT2D eigenvalue weighted by molar-refractivity contribution is 0.0371. The Labute approximate surface area is 358 Å². The van der Waals surface area contributed by atoms with Crippen molar-refractivity contribution in [3.63, 3.8) is 0 Å². The molecule has 0 saturated heterocycles. The molecule has 2 rings (SSSR count). The fourth-order valence-electron chi connectivity index (χ4n) is 4.53. The zero-order valence-electron chi connectivity index (χ0n) is 34.5. The summed E-state index contributed by atoms with van der Waals surface area (Å²) in [4.78, 5) is 44.3. The minimum atomic E-state index is -4.56. The molecule has 1 aromatic carbocycles. The van der Waals surface area contributed by atoms with Gasteiger partial charge in [-0.2, -0.15) is 25.3 Å². The highest BCUT2D eigenvalue weighted by molar-refractivity contribution is 7.86. The predicted octanol–water partition coefficient (Wildman–Crippen LogP) is 1.89. The highest BCUT2D eigenvalue weighted by Gasteiger charge is 2.33. The third-order valence-electron chi connectivity index (χ3n) is 6.78. The summed E-state index contributed by atoms with van der Waals surface area (Å²) in [5.41, 5.74) is -3.51. The van der Waals surface area contributed by atoms with Crippen LogP contribution >= 0.6 is 0 Å². The summed E-state index contributed by atoms with van der Waals surface area (Å²) < 4.78 is 126. The zero-order valence-corrected chi connectivity index (χ0v) is 36.9. The number of aromatic nitrogens is 1. The van der Waals surface area contributed by atoms with Crippen molar-refractivity contribution in [2.45, 2.75) is 72.0 Å². The Hall–Kier alpha value is -5.64. The van der Waals surface area contributed by atoms with Crippen LogP contribution in [0.1, 0.15) is 82.3 Å². The van der Waals surface area contributed by atoms with Crippen molar-refractivity contribution in [2.24, 2.45) is 0 Å². The summed E-state index contributed by atoms with van der Waals surface area (Å²) in [6.45, 7) is 6.88. The van der Waals surface area contributed by atoms with E-state index >= 15 is 0 Å². The minimum absolute atomic E-state index is 0.262. The predicted molar refractivity (Wildman–Crippen MR) is 217 cm³/mol. The molecule has 0 spiro atoms. The van der Waals surface area contributed by atoms with E-state index < -0.39 is 168 Å². The van der Waals surface area contributed by atoms with Gasteiger partial charge in [-0.15, -0.1) is 4.73 Å². The second-order valence-corrected chi connectivity index (χ2v) is 19.3. The summed E-state index contributed by atoms with van der Waals surface area (Å²) in [5, 5.41) is 25.4. The Morgan fingerprint density at radius 1 is 0.613 bits per heavy atom. The number of nitrogens with zero attached hydrogens (tertiary/aromatic N) is 1. The molecule has 2 amide bonds. The Morgan fingerprint density at radius 3 is 1.27 bits per heavy atom. The fraction of sp³-hybridized carbons (Fsp3) is 0.528. The topological polar surface area (TPSA) is 339 Å². The van der Waals surface area contributed by atoms with E-state index in [0.717, 1.165) is 12.1 Å². The highest BCUT2D eigenvalue weighted by atomic mass is 32.2. The third-order valence-corrected chi connectivity index (χ3v) is 9.20. The van der Waals surface area contributed by atoms with Crippen molar-refractivity contribution in [3.05, 3.63) is 28.8 Å². The first-order valence-corrected chi connectivity index (χ1v) is 23.0. The standard InChI is InChI=1S/C36H49N3O20S3/c1-35(2,3)57-33(43)37-16-7-12-24-29(54-18-9-21-60(45,46)47)25(13-8-17-38-34(44)58-36(4,5)6)31(56-20-11-23-62(51,52)53)28(30(24)55-19-10-22-61(48,49)50)32(42)59-39-26(40)14-15-27(39)41/h14-15,40-41H,9-11,16-23H2,1-6H3,(H,37,43)(H,38,44)(H,45,46,47)(H,48,49,50)(H,51,52,53). The summed E-state index contributed by atoms with van der Waals surface area (Å²) in [5.74, 6) is 3.01. The average molecular weight is 940 g/mol. The first-order valence-electron chi connectivity index (χ1n) is 18.2. The van der Waals surface area contributed by atoms with Crippen molar-refractivity contribution in [3.8, 4) is 52.7 Å². The van der Waals surface area contributed by atoms with Crippen LogP contribution in [0.25, 0.3) is 0 Å². The van der Waals surface area contributed by atoms with Crippen molar-refractivity contribution in [2.75, 3.05) is 50.2 Å². The van der Waals surface area contributed by atoms with Crippen molar-refractivity contribution in [1.82, 2.24) is 15.4 Å². The molecule has 0 aliphatic rings. The molecule has 26 heteroatoms. The second kappa shape index (κ2) is 22.5. The number of hydrogen-bond acceptors (Lipinski definition) is 17. The lowest BCUT2D eigenvalue weighted by Crippen LogP contribution is -2.32. The molecule has 0 aliphatic carbocycles. The van der Waals surface area contributed by atoms with E-state index in [0.29, 0.717) is 0 Å². The molecule has 346 valence electrons. The maximum atomic E-state index is 14.3. The number of carbonyl (C=O) groups excluding carboxylic acids is 3. The van der Waals surface area contributed by atoms with Gasteiger partial charge in [0.1, 0.15) is 27.9 Å². The van der Waals surface area contributed by atoms with Crippen LogP contribution in [-0.2, 0) is 39.8 Å². The van der Waals surface area contributed by atoms with Crippen LogP contribution < -0.4 is 29.7 Å². The van der Waals surface area contributed by atoms with Crippen LogP contribution in [-0.4, -0.2) is 133 Å². The number of nitrogens with one attached hydrogen (secondary N) is 2. The first-order chi connectivity index (χ1) is 28.5. The molecule has 0 bridgehead atoms. The lowest BCUT2D eigenvalue weighted by Gasteiger charge is -2.22. The van der Waals surface area contributed by atoms with Crippen LogP contribution in [0.3, 0.4) is 0 Å². The van der Waals surface area contributed by atoms with Crippen LogP contribution in [0.5, 0.6) is 29.0 Å². The summed E-state index contributed by atoms with van der Waals surface area (Å²) in [6.07, 6.45) is -3.06. The van der Waals surface area contributed by atoms with Gasteiger partial charge in [0.2, 0.25) is 11.8 Å². The Bertz CT molecular complexity index is 2260. The molecule has 7 N–H and O–H groups in total. The van der Waals surface area contributed by atoms with Gasteiger partial charge in [-0.05, 0) is 60.8 Å². The van der Waals surface area contributed by atoms with E-state index in [1.165, 1.54) is 0 Å². The van der Waals surface area contributed by atoms with Gasteiger partial charge >= 0.3 is 18.2 Å². The molecule has 23 nitrogen and oxygen atoms in total. The molecular weight excluding hydrogens is 891 g/mol. The molecule has 0 atom stereocenters. The molecule has 1 heterocycles.